The molecule has 8 heteroatoms. The molecule has 0 radical (unpaired) electrons. The first-order chi connectivity index (χ1) is 11.8. The number of aromatic nitrogens is 2. The van der Waals surface area contributed by atoms with E-state index in [9.17, 15) is 8.42 Å². The second kappa shape index (κ2) is 7.07. The minimum absolute atomic E-state index is 0.106. The van der Waals surface area contributed by atoms with Gasteiger partial charge in [0.25, 0.3) is 10.0 Å². The second-order valence-electron chi connectivity index (χ2n) is 5.49. The molecule has 0 spiro atoms. The van der Waals surface area contributed by atoms with Gasteiger partial charge in [-0.1, -0.05) is 53.5 Å². The van der Waals surface area contributed by atoms with Crippen LogP contribution in [0.3, 0.4) is 0 Å². The molecule has 130 valence electrons. The summed E-state index contributed by atoms with van der Waals surface area (Å²) in [5.74, 6) is 0. The number of halogens is 2. The van der Waals surface area contributed by atoms with Gasteiger partial charge in [-0.2, -0.15) is 5.10 Å². The van der Waals surface area contributed by atoms with Crippen molar-refractivity contribution < 1.29 is 8.42 Å². The van der Waals surface area contributed by atoms with E-state index in [0.717, 1.165) is 5.56 Å². The third-order valence-electron chi connectivity index (χ3n) is 3.55. The topological polar surface area (TPSA) is 64.0 Å². The second-order valence-corrected chi connectivity index (χ2v) is 7.99. The van der Waals surface area contributed by atoms with Crippen molar-refractivity contribution in [2.75, 3.05) is 4.72 Å². The zero-order valence-corrected chi connectivity index (χ0v) is 15.6. The molecule has 0 saturated carbocycles. The summed E-state index contributed by atoms with van der Waals surface area (Å²) in [6, 6.07) is 14.2. The van der Waals surface area contributed by atoms with E-state index < -0.39 is 10.0 Å². The van der Waals surface area contributed by atoms with E-state index in [1.807, 2.05) is 30.3 Å². The van der Waals surface area contributed by atoms with E-state index in [4.69, 9.17) is 23.2 Å². The molecule has 2 aromatic carbocycles. The number of hydrogen-bond donors (Lipinski definition) is 1. The molecular formula is C17H15Cl2N3O2S. The molecule has 0 atom stereocenters. The van der Waals surface area contributed by atoms with Crippen LogP contribution in [0.15, 0.2) is 59.6 Å². The van der Waals surface area contributed by atoms with Crippen LogP contribution >= 0.6 is 23.2 Å². The monoisotopic (exact) mass is 395 g/mol. The molecule has 3 rings (SSSR count). The van der Waals surface area contributed by atoms with Gasteiger partial charge in [-0.25, -0.2) is 8.42 Å². The van der Waals surface area contributed by atoms with Crippen LogP contribution in [0.4, 0.5) is 5.69 Å². The normalized spacial score (nSPS) is 11.5. The molecular weight excluding hydrogens is 381 g/mol. The highest BCUT2D eigenvalue weighted by Crippen LogP contribution is 2.28. The Morgan fingerprint density at radius 1 is 1.12 bits per heavy atom. The maximum atomic E-state index is 12.7. The van der Waals surface area contributed by atoms with Crippen molar-refractivity contribution in [3.8, 4) is 0 Å². The van der Waals surface area contributed by atoms with Gasteiger partial charge >= 0.3 is 0 Å². The SMILES string of the molecule is Cc1nn(Cc2ccccc2)cc1S(=O)(=O)Nc1ccc(Cl)cc1Cl. The number of anilines is 1. The maximum Gasteiger partial charge on any atom is 0.265 e. The molecule has 5 nitrogen and oxygen atoms in total. The van der Waals surface area contributed by atoms with Crippen molar-refractivity contribution in [3.63, 3.8) is 0 Å². The molecule has 0 fully saturated rings. The molecule has 0 aliphatic heterocycles. The predicted octanol–water partition coefficient (Wildman–Crippen LogP) is 4.35. The molecule has 3 aromatic rings. The van der Waals surface area contributed by atoms with Gasteiger partial charge in [0.2, 0.25) is 0 Å². The largest absolute Gasteiger partial charge is 0.278 e. The van der Waals surface area contributed by atoms with Crippen molar-refractivity contribution in [1.82, 2.24) is 9.78 Å². The fourth-order valence-corrected chi connectivity index (χ4v) is 4.17. The molecule has 1 aromatic heterocycles. The number of rotatable bonds is 5. The van der Waals surface area contributed by atoms with Gasteiger partial charge in [-0.15, -0.1) is 0 Å². The Hall–Kier alpha value is -2.02. The predicted molar refractivity (Wildman–Crippen MR) is 99.8 cm³/mol. The molecule has 0 bridgehead atoms. The van der Waals surface area contributed by atoms with Crippen LogP contribution in [0.5, 0.6) is 0 Å². The Kier molecular flexibility index (Phi) is 5.03. The lowest BCUT2D eigenvalue weighted by atomic mass is 10.2. The summed E-state index contributed by atoms with van der Waals surface area (Å²) in [6.07, 6.45) is 1.51. The highest BCUT2D eigenvalue weighted by molar-refractivity contribution is 7.92. The molecule has 0 aliphatic rings. The fraction of sp³-hybridized carbons (Fsp3) is 0.118. The van der Waals surface area contributed by atoms with Crippen LogP contribution in [0.2, 0.25) is 10.0 Å². The van der Waals surface area contributed by atoms with E-state index >= 15 is 0 Å². The van der Waals surface area contributed by atoms with Crippen LogP contribution in [0.25, 0.3) is 0 Å². The number of nitrogens with one attached hydrogen (secondary N) is 1. The third kappa shape index (κ3) is 4.15. The fourth-order valence-electron chi connectivity index (χ4n) is 2.39. The molecule has 0 amide bonds. The number of benzene rings is 2. The van der Waals surface area contributed by atoms with Crippen LogP contribution in [0.1, 0.15) is 11.3 Å². The van der Waals surface area contributed by atoms with E-state index in [1.54, 1.807) is 17.7 Å². The molecule has 0 aliphatic carbocycles. The minimum atomic E-state index is -3.81. The summed E-state index contributed by atoms with van der Waals surface area (Å²) in [5, 5.41) is 4.95. The lowest BCUT2D eigenvalue weighted by Gasteiger charge is -2.09. The Bertz CT molecular complexity index is 1000. The summed E-state index contributed by atoms with van der Waals surface area (Å²) in [6.45, 7) is 2.14. The number of sulfonamides is 1. The van der Waals surface area contributed by atoms with Gasteiger partial charge in [0.1, 0.15) is 4.90 Å². The zero-order chi connectivity index (χ0) is 18.0. The van der Waals surface area contributed by atoms with Gasteiger partial charge < -0.3 is 0 Å². The summed E-state index contributed by atoms with van der Waals surface area (Å²) in [5.41, 5.74) is 1.71. The Labute approximate surface area is 156 Å². The van der Waals surface area contributed by atoms with Crippen molar-refractivity contribution in [2.45, 2.75) is 18.4 Å². The van der Waals surface area contributed by atoms with Crippen molar-refractivity contribution in [1.29, 1.82) is 0 Å². The van der Waals surface area contributed by atoms with Gasteiger partial charge in [0, 0.05) is 11.2 Å². The minimum Gasteiger partial charge on any atom is -0.278 e. The average Bonchev–Trinajstić information content (AvgIpc) is 2.92. The average molecular weight is 396 g/mol. The lowest BCUT2D eigenvalue weighted by Crippen LogP contribution is -2.13. The molecule has 0 unspecified atom stereocenters. The molecule has 25 heavy (non-hydrogen) atoms. The zero-order valence-electron chi connectivity index (χ0n) is 13.3. The Morgan fingerprint density at radius 2 is 1.84 bits per heavy atom. The molecule has 0 saturated heterocycles. The van der Waals surface area contributed by atoms with Crippen molar-refractivity contribution in [2.24, 2.45) is 0 Å². The molecule has 1 N–H and O–H groups in total. The number of nitrogens with zero attached hydrogens (tertiary/aromatic N) is 2. The van der Waals surface area contributed by atoms with E-state index in [-0.39, 0.29) is 15.6 Å². The van der Waals surface area contributed by atoms with Crippen LogP contribution < -0.4 is 4.72 Å². The Morgan fingerprint density at radius 3 is 2.52 bits per heavy atom. The first kappa shape index (κ1) is 17.8. The number of aryl methyl sites for hydroxylation is 1. The van der Waals surface area contributed by atoms with Gasteiger partial charge in [-0.3, -0.25) is 9.40 Å². The number of hydrogen-bond acceptors (Lipinski definition) is 3. The van der Waals surface area contributed by atoms with E-state index in [0.29, 0.717) is 17.3 Å². The van der Waals surface area contributed by atoms with E-state index in [2.05, 4.69) is 9.82 Å². The summed E-state index contributed by atoms with van der Waals surface area (Å²) in [7, 11) is -3.81. The molecule has 1 heterocycles. The maximum absolute atomic E-state index is 12.7. The van der Waals surface area contributed by atoms with Crippen LogP contribution in [-0.2, 0) is 16.6 Å². The standard InChI is InChI=1S/C17H15Cl2N3O2S/c1-12-17(11-22(20-12)10-13-5-3-2-4-6-13)25(23,24)21-16-8-7-14(18)9-15(16)19/h2-9,11,21H,10H2,1H3. The first-order valence-electron chi connectivity index (χ1n) is 7.41. The highest BCUT2D eigenvalue weighted by Gasteiger charge is 2.21. The first-order valence-corrected chi connectivity index (χ1v) is 9.65. The Balaban J connectivity index is 1.87. The van der Waals surface area contributed by atoms with Crippen LogP contribution in [-0.4, -0.2) is 18.2 Å². The summed E-state index contributed by atoms with van der Waals surface area (Å²) >= 11 is 11.9. The van der Waals surface area contributed by atoms with E-state index in [1.165, 1.54) is 18.3 Å². The van der Waals surface area contributed by atoms with Gasteiger partial charge in [-0.05, 0) is 30.7 Å². The summed E-state index contributed by atoms with van der Waals surface area (Å²) in [4.78, 5) is 0.106. The lowest BCUT2D eigenvalue weighted by molar-refractivity contribution is 0.600. The van der Waals surface area contributed by atoms with Gasteiger partial charge in [0.15, 0.2) is 0 Å². The third-order valence-corrected chi connectivity index (χ3v) is 5.57. The smallest absolute Gasteiger partial charge is 0.265 e. The van der Waals surface area contributed by atoms with Crippen molar-refractivity contribution >= 4 is 38.9 Å². The van der Waals surface area contributed by atoms with Gasteiger partial charge in [0.05, 0.1) is 22.9 Å². The quantitative estimate of drug-likeness (QED) is 0.698. The van der Waals surface area contributed by atoms with Crippen LogP contribution in [0, 0.1) is 6.92 Å². The highest BCUT2D eigenvalue weighted by atomic mass is 35.5. The summed E-state index contributed by atoms with van der Waals surface area (Å²) < 4.78 is 29.4. The van der Waals surface area contributed by atoms with Crippen molar-refractivity contribution in [3.05, 3.63) is 76.0 Å².